The minimum Gasteiger partial charge on any atom is -0.459 e. The maximum absolute atomic E-state index is 11.9. The van der Waals surface area contributed by atoms with E-state index in [-0.39, 0.29) is 5.76 Å². The van der Waals surface area contributed by atoms with Crippen molar-refractivity contribution in [3.8, 4) is 0 Å². The molecule has 2 N–H and O–H groups in total. The molecule has 0 fully saturated rings. The molecule has 0 aliphatic rings. The lowest BCUT2D eigenvalue weighted by Gasteiger charge is -2.25. The molecule has 1 amide bonds. The van der Waals surface area contributed by atoms with Crippen molar-refractivity contribution in [3.63, 3.8) is 0 Å². The van der Waals surface area contributed by atoms with Crippen molar-refractivity contribution in [1.29, 1.82) is 0 Å². The average molecular weight is 341 g/mol. The van der Waals surface area contributed by atoms with Crippen LogP contribution in [-0.4, -0.2) is 20.8 Å². The number of nitrogens with one attached hydrogen (secondary N) is 2. The van der Waals surface area contributed by atoms with Gasteiger partial charge in [-0.05, 0) is 12.1 Å². The Labute approximate surface area is 127 Å². The van der Waals surface area contributed by atoms with Crippen LogP contribution in [0.3, 0.4) is 0 Å². The van der Waals surface area contributed by atoms with Gasteiger partial charge in [-0.25, -0.2) is 4.98 Å². The van der Waals surface area contributed by atoms with Crippen LogP contribution in [0.1, 0.15) is 10.6 Å². The lowest BCUT2D eigenvalue weighted by molar-refractivity contribution is 0.0914. The molecular formula is C10H8Cl3N3O2S. The van der Waals surface area contributed by atoms with E-state index >= 15 is 0 Å². The Morgan fingerprint density at radius 2 is 2.26 bits per heavy atom. The zero-order valence-corrected chi connectivity index (χ0v) is 12.4. The van der Waals surface area contributed by atoms with Crippen LogP contribution in [0.2, 0.25) is 0 Å². The number of furan rings is 1. The van der Waals surface area contributed by atoms with Crippen LogP contribution < -0.4 is 10.6 Å². The number of rotatable bonds is 4. The fourth-order valence-corrected chi connectivity index (χ4v) is 2.11. The zero-order valence-electron chi connectivity index (χ0n) is 9.27. The largest absolute Gasteiger partial charge is 0.459 e. The Morgan fingerprint density at radius 1 is 1.47 bits per heavy atom. The first kappa shape index (κ1) is 14.5. The number of anilines is 1. The SMILES string of the molecule is O=C(N[C@@H](Nc1nccs1)C(Cl)(Cl)Cl)c1ccco1. The maximum atomic E-state index is 11.9. The lowest BCUT2D eigenvalue weighted by atomic mass is 10.4. The van der Waals surface area contributed by atoms with Crippen molar-refractivity contribution in [1.82, 2.24) is 10.3 Å². The number of carbonyl (C=O) groups excluding carboxylic acids is 1. The molecule has 2 aromatic rings. The van der Waals surface area contributed by atoms with E-state index in [4.69, 9.17) is 39.2 Å². The first-order valence-corrected chi connectivity index (χ1v) is 7.05. The highest BCUT2D eigenvalue weighted by Gasteiger charge is 2.35. The van der Waals surface area contributed by atoms with E-state index in [0.717, 1.165) is 0 Å². The molecule has 0 spiro atoms. The van der Waals surface area contributed by atoms with E-state index in [0.29, 0.717) is 5.13 Å². The van der Waals surface area contributed by atoms with E-state index in [1.54, 1.807) is 17.6 Å². The Bertz CT molecular complexity index is 525. The number of thiazole rings is 1. The van der Waals surface area contributed by atoms with Gasteiger partial charge in [-0.1, -0.05) is 34.8 Å². The minimum atomic E-state index is -1.74. The monoisotopic (exact) mass is 339 g/mol. The number of nitrogens with zero attached hydrogens (tertiary/aromatic N) is 1. The van der Waals surface area contributed by atoms with Gasteiger partial charge in [0.2, 0.25) is 3.79 Å². The lowest BCUT2D eigenvalue weighted by Crippen LogP contribution is -2.49. The third-order valence-electron chi connectivity index (χ3n) is 2.05. The molecule has 1 atom stereocenters. The van der Waals surface area contributed by atoms with E-state index in [1.165, 1.54) is 23.7 Å². The highest BCUT2D eigenvalue weighted by atomic mass is 35.6. The van der Waals surface area contributed by atoms with Crippen LogP contribution in [0.25, 0.3) is 0 Å². The minimum absolute atomic E-state index is 0.125. The molecule has 0 saturated heterocycles. The van der Waals surface area contributed by atoms with Crippen LogP contribution in [-0.2, 0) is 0 Å². The van der Waals surface area contributed by atoms with Gasteiger partial charge in [-0.15, -0.1) is 11.3 Å². The third-order valence-corrected chi connectivity index (χ3v) is 3.41. The summed E-state index contributed by atoms with van der Waals surface area (Å²) in [6, 6.07) is 3.10. The van der Waals surface area contributed by atoms with Gasteiger partial charge in [-0.3, -0.25) is 4.79 Å². The molecule has 2 aromatic heterocycles. The first-order chi connectivity index (χ1) is 8.97. The molecule has 0 bridgehead atoms. The predicted molar refractivity (Wildman–Crippen MR) is 76.0 cm³/mol. The Balaban J connectivity index is 2.08. The second kappa shape index (κ2) is 6.00. The summed E-state index contributed by atoms with van der Waals surface area (Å²) in [6.07, 6.45) is 2.03. The summed E-state index contributed by atoms with van der Waals surface area (Å²) in [5, 5.41) is 7.63. The summed E-state index contributed by atoms with van der Waals surface area (Å²) in [6.45, 7) is 0. The van der Waals surface area contributed by atoms with Crippen molar-refractivity contribution in [2.45, 2.75) is 9.96 Å². The number of alkyl halides is 3. The van der Waals surface area contributed by atoms with E-state index in [9.17, 15) is 4.79 Å². The number of amides is 1. The van der Waals surface area contributed by atoms with Crippen LogP contribution in [0.4, 0.5) is 5.13 Å². The van der Waals surface area contributed by atoms with Crippen molar-refractivity contribution >= 4 is 57.2 Å². The topological polar surface area (TPSA) is 67.2 Å². The summed E-state index contributed by atoms with van der Waals surface area (Å²) >= 11 is 18.8. The first-order valence-electron chi connectivity index (χ1n) is 5.04. The maximum Gasteiger partial charge on any atom is 0.288 e. The summed E-state index contributed by atoms with van der Waals surface area (Å²) in [5.74, 6) is -0.370. The van der Waals surface area contributed by atoms with Gasteiger partial charge in [0.15, 0.2) is 10.9 Å². The van der Waals surface area contributed by atoms with E-state index in [1.807, 2.05) is 0 Å². The average Bonchev–Trinajstić information content (AvgIpc) is 2.99. The molecule has 2 rings (SSSR count). The Kier molecular flexibility index (Phi) is 4.57. The molecule has 102 valence electrons. The summed E-state index contributed by atoms with van der Waals surface area (Å²) in [7, 11) is 0. The van der Waals surface area contributed by atoms with Crippen LogP contribution in [0, 0.1) is 0 Å². The van der Waals surface area contributed by atoms with Gasteiger partial charge in [-0.2, -0.15) is 0 Å². The normalized spacial score (nSPS) is 13.0. The molecule has 0 aliphatic heterocycles. The number of hydrogen-bond donors (Lipinski definition) is 2. The predicted octanol–water partition coefficient (Wildman–Crippen LogP) is 3.27. The van der Waals surface area contributed by atoms with Crippen molar-refractivity contribution in [2.24, 2.45) is 0 Å². The van der Waals surface area contributed by atoms with E-state index < -0.39 is 15.9 Å². The van der Waals surface area contributed by atoms with Crippen molar-refractivity contribution < 1.29 is 9.21 Å². The van der Waals surface area contributed by atoms with Gasteiger partial charge in [0.05, 0.1) is 6.26 Å². The zero-order chi connectivity index (χ0) is 13.9. The smallest absolute Gasteiger partial charge is 0.288 e. The quantitative estimate of drug-likeness (QED) is 0.662. The van der Waals surface area contributed by atoms with Gasteiger partial charge in [0.1, 0.15) is 6.17 Å². The number of halogens is 3. The number of carbonyl (C=O) groups is 1. The highest BCUT2D eigenvalue weighted by Crippen LogP contribution is 2.31. The summed E-state index contributed by atoms with van der Waals surface area (Å²) < 4.78 is 3.22. The molecule has 0 aliphatic carbocycles. The summed E-state index contributed by atoms with van der Waals surface area (Å²) in [5.41, 5.74) is 0. The number of hydrogen-bond acceptors (Lipinski definition) is 5. The van der Waals surface area contributed by atoms with Crippen LogP contribution in [0.5, 0.6) is 0 Å². The van der Waals surface area contributed by atoms with E-state index in [2.05, 4.69) is 15.6 Å². The second-order valence-corrected chi connectivity index (χ2v) is 6.67. The molecule has 0 saturated carbocycles. The van der Waals surface area contributed by atoms with Gasteiger partial charge in [0, 0.05) is 11.6 Å². The fraction of sp³-hybridized carbons (Fsp3) is 0.200. The van der Waals surface area contributed by atoms with Crippen molar-refractivity contribution in [3.05, 3.63) is 35.7 Å². The molecule has 0 unspecified atom stereocenters. The Morgan fingerprint density at radius 3 is 2.79 bits per heavy atom. The third kappa shape index (κ3) is 4.01. The fourth-order valence-electron chi connectivity index (χ4n) is 1.23. The molecule has 19 heavy (non-hydrogen) atoms. The van der Waals surface area contributed by atoms with Gasteiger partial charge in [0.25, 0.3) is 5.91 Å². The standard InChI is InChI=1S/C10H8Cl3N3O2S/c11-10(12,13)8(16-9-14-3-5-19-9)15-7(17)6-2-1-4-18-6/h1-5,8H,(H,14,16)(H,15,17)/t8-/m0/s1. The van der Waals surface area contributed by atoms with Crippen LogP contribution in [0.15, 0.2) is 34.4 Å². The molecule has 9 heteroatoms. The molecule has 5 nitrogen and oxygen atoms in total. The molecule has 2 heterocycles. The van der Waals surface area contributed by atoms with Gasteiger partial charge >= 0.3 is 0 Å². The molecule has 0 radical (unpaired) electrons. The van der Waals surface area contributed by atoms with Crippen LogP contribution >= 0.6 is 46.1 Å². The number of aromatic nitrogens is 1. The highest BCUT2D eigenvalue weighted by molar-refractivity contribution is 7.13. The van der Waals surface area contributed by atoms with Crippen molar-refractivity contribution in [2.75, 3.05) is 5.32 Å². The molecule has 0 aromatic carbocycles. The molecular weight excluding hydrogens is 333 g/mol. The Hall–Kier alpha value is -0.950. The summed E-state index contributed by atoms with van der Waals surface area (Å²) in [4.78, 5) is 15.8. The van der Waals surface area contributed by atoms with Gasteiger partial charge < -0.3 is 15.1 Å². The second-order valence-electron chi connectivity index (χ2n) is 3.41.